The lowest BCUT2D eigenvalue weighted by molar-refractivity contribution is 0.442. The summed E-state index contributed by atoms with van der Waals surface area (Å²) in [6.45, 7) is 4.72. The SMILES string of the molecule is CC1(C)c2ccccc2-c2c(-c3ccc(N(c4ccccc4C4=c5c(C6CCCCC6)cccc5=CCC4)c4cccc5c4oc4ccccc45)cc3)cccc21. The van der Waals surface area contributed by atoms with Gasteiger partial charge in [-0.25, -0.2) is 0 Å². The van der Waals surface area contributed by atoms with Gasteiger partial charge in [-0.3, -0.25) is 0 Å². The normalized spacial score (nSPS) is 15.9. The molecule has 0 atom stereocenters. The minimum absolute atomic E-state index is 0.0440. The molecule has 278 valence electrons. The van der Waals surface area contributed by atoms with Crippen molar-refractivity contribution < 1.29 is 4.42 Å². The van der Waals surface area contributed by atoms with Crippen molar-refractivity contribution in [2.45, 2.75) is 70.1 Å². The lowest BCUT2D eigenvalue weighted by Gasteiger charge is -2.30. The number of furan rings is 1. The van der Waals surface area contributed by atoms with Crippen molar-refractivity contribution in [3.8, 4) is 22.3 Å². The maximum absolute atomic E-state index is 6.79. The van der Waals surface area contributed by atoms with Crippen molar-refractivity contribution in [2.75, 3.05) is 4.90 Å². The molecule has 0 unspecified atom stereocenters. The Morgan fingerprint density at radius 1 is 0.579 bits per heavy atom. The molecular weight excluding hydrogens is 691 g/mol. The Morgan fingerprint density at radius 3 is 2.14 bits per heavy atom. The quantitative estimate of drug-likeness (QED) is 0.169. The lowest BCUT2D eigenvalue weighted by atomic mass is 9.80. The van der Waals surface area contributed by atoms with Gasteiger partial charge in [0.2, 0.25) is 0 Å². The number of anilines is 3. The van der Waals surface area contributed by atoms with Crippen LogP contribution in [0.3, 0.4) is 0 Å². The Balaban J connectivity index is 1.13. The van der Waals surface area contributed by atoms with Crippen molar-refractivity contribution in [2.24, 2.45) is 0 Å². The van der Waals surface area contributed by atoms with Gasteiger partial charge in [0.25, 0.3) is 0 Å². The fraction of sp³-hybridized carbons (Fsp3) is 0.200. The van der Waals surface area contributed by atoms with E-state index in [-0.39, 0.29) is 5.41 Å². The minimum Gasteiger partial charge on any atom is -0.454 e. The average Bonchev–Trinajstić information content (AvgIpc) is 3.77. The van der Waals surface area contributed by atoms with Crippen LogP contribution in [0.1, 0.15) is 87.0 Å². The van der Waals surface area contributed by atoms with Gasteiger partial charge < -0.3 is 9.32 Å². The van der Waals surface area contributed by atoms with Crippen LogP contribution in [0, 0.1) is 0 Å². The zero-order valence-electron chi connectivity index (χ0n) is 32.9. The third-order valence-electron chi connectivity index (χ3n) is 13.4. The Labute approximate surface area is 335 Å². The highest BCUT2D eigenvalue weighted by Gasteiger charge is 2.36. The topological polar surface area (TPSA) is 16.4 Å². The molecule has 0 bridgehead atoms. The lowest BCUT2D eigenvalue weighted by Crippen LogP contribution is -2.35. The van der Waals surface area contributed by atoms with Crippen LogP contribution in [0.15, 0.2) is 156 Å². The van der Waals surface area contributed by atoms with Crippen LogP contribution in [-0.4, -0.2) is 0 Å². The molecule has 1 heterocycles. The molecule has 2 nitrogen and oxygen atoms in total. The van der Waals surface area contributed by atoms with E-state index in [1.54, 1.807) is 5.56 Å². The molecule has 0 saturated heterocycles. The molecule has 1 saturated carbocycles. The number of rotatable bonds is 6. The number of fused-ring (bicyclic) bond motifs is 7. The summed E-state index contributed by atoms with van der Waals surface area (Å²) in [6.07, 6.45) is 11.1. The van der Waals surface area contributed by atoms with Gasteiger partial charge in [-0.05, 0) is 117 Å². The van der Waals surface area contributed by atoms with E-state index in [1.807, 2.05) is 0 Å². The molecule has 7 aromatic carbocycles. The van der Waals surface area contributed by atoms with E-state index in [4.69, 9.17) is 4.42 Å². The zero-order valence-corrected chi connectivity index (χ0v) is 32.9. The smallest absolute Gasteiger partial charge is 0.159 e. The maximum Gasteiger partial charge on any atom is 0.159 e. The van der Waals surface area contributed by atoms with Gasteiger partial charge in [0, 0.05) is 27.4 Å². The Kier molecular flexibility index (Phi) is 8.10. The van der Waals surface area contributed by atoms with E-state index in [2.05, 4.69) is 176 Å². The van der Waals surface area contributed by atoms with Crippen molar-refractivity contribution in [1.82, 2.24) is 0 Å². The molecule has 3 aliphatic carbocycles. The van der Waals surface area contributed by atoms with E-state index < -0.39 is 0 Å². The molecule has 1 fully saturated rings. The molecule has 2 heteroatoms. The first kappa shape index (κ1) is 34.2. The summed E-state index contributed by atoms with van der Waals surface area (Å²) in [4.78, 5) is 2.46. The first-order chi connectivity index (χ1) is 28.1. The van der Waals surface area contributed by atoms with Crippen LogP contribution >= 0.6 is 0 Å². The van der Waals surface area contributed by atoms with Crippen LogP contribution in [0.2, 0.25) is 0 Å². The molecule has 0 amide bonds. The van der Waals surface area contributed by atoms with Crippen molar-refractivity contribution in [3.05, 3.63) is 184 Å². The summed E-state index contributed by atoms with van der Waals surface area (Å²) in [6, 6.07) is 56.3. The standard InChI is InChI=1S/C55H47NO/c1-55(2)47-27-9-6-22-46(47)53-41(24-14-28-48(53)55)37-32-34-39(35-33-37)56(50-30-15-26-45-43-21-8-11-31-51(43)57-54(45)50)49-29-10-7-20-42(49)44-25-13-19-38-18-12-23-40(52(38)44)36-16-4-3-5-17-36/h6-12,14-15,18-24,26-36H,3-5,13,16-17,25H2,1-2H3. The van der Waals surface area contributed by atoms with E-state index >= 15 is 0 Å². The van der Waals surface area contributed by atoms with Gasteiger partial charge in [-0.1, -0.05) is 161 Å². The summed E-state index contributed by atoms with van der Waals surface area (Å²) in [7, 11) is 0. The molecule has 0 N–H and O–H groups in total. The number of hydrogen-bond acceptors (Lipinski definition) is 2. The fourth-order valence-electron chi connectivity index (χ4n) is 10.7. The molecule has 8 aromatic rings. The van der Waals surface area contributed by atoms with Gasteiger partial charge in [-0.15, -0.1) is 0 Å². The van der Waals surface area contributed by atoms with Gasteiger partial charge in [-0.2, -0.15) is 0 Å². The van der Waals surface area contributed by atoms with Gasteiger partial charge >= 0.3 is 0 Å². The van der Waals surface area contributed by atoms with Gasteiger partial charge in [0.15, 0.2) is 5.58 Å². The molecule has 1 aromatic heterocycles. The first-order valence-corrected chi connectivity index (χ1v) is 21.0. The highest BCUT2D eigenvalue weighted by Crippen LogP contribution is 2.52. The summed E-state index contributed by atoms with van der Waals surface area (Å²) < 4.78 is 6.79. The minimum atomic E-state index is -0.0440. The average molecular weight is 738 g/mol. The predicted octanol–water partition coefficient (Wildman–Crippen LogP) is 13.9. The zero-order chi connectivity index (χ0) is 38.1. The molecule has 11 rings (SSSR count). The van der Waals surface area contributed by atoms with Crippen molar-refractivity contribution in [1.29, 1.82) is 0 Å². The number of para-hydroxylation sites is 3. The van der Waals surface area contributed by atoms with E-state index in [1.165, 1.54) is 92.7 Å². The number of hydrogen-bond donors (Lipinski definition) is 0. The number of nitrogens with zero attached hydrogens (tertiary/aromatic N) is 1. The third kappa shape index (κ3) is 5.45. The Morgan fingerprint density at radius 2 is 1.26 bits per heavy atom. The summed E-state index contributed by atoms with van der Waals surface area (Å²) in [5.74, 6) is 0.618. The summed E-state index contributed by atoms with van der Waals surface area (Å²) >= 11 is 0. The van der Waals surface area contributed by atoms with Gasteiger partial charge in [0.1, 0.15) is 5.58 Å². The Hall–Kier alpha value is -6.12. The van der Waals surface area contributed by atoms with Crippen molar-refractivity contribution in [3.63, 3.8) is 0 Å². The second-order valence-corrected chi connectivity index (χ2v) is 16.9. The highest BCUT2D eigenvalue weighted by molar-refractivity contribution is 6.10. The summed E-state index contributed by atoms with van der Waals surface area (Å²) in [5, 5.41) is 5.14. The van der Waals surface area contributed by atoms with E-state index in [9.17, 15) is 0 Å². The van der Waals surface area contributed by atoms with Crippen LogP contribution in [0.4, 0.5) is 17.1 Å². The second kappa shape index (κ2) is 13.5. The van der Waals surface area contributed by atoms with Crippen LogP contribution in [0.25, 0.3) is 55.8 Å². The first-order valence-electron chi connectivity index (χ1n) is 21.0. The van der Waals surface area contributed by atoms with E-state index in [0.717, 1.165) is 46.2 Å². The van der Waals surface area contributed by atoms with Crippen LogP contribution in [0.5, 0.6) is 0 Å². The molecule has 0 radical (unpaired) electrons. The molecule has 57 heavy (non-hydrogen) atoms. The van der Waals surface area contributed by atoms with Crippen LogP contribution < -0.4 is 15.3 Å². The van der Waals surface area contributed by atoms with E-state index in [0.29, 0.717) is 5.92 Å². The molecule has 3 aliphatic rings. The molecular formula is C55H47NO. The largest absolute Gasteiger partial charge is 0.454 e. The summed E-state index contributed by atoms with van der Waals surface area (Å²) in [5.41, 5.74) is 17.4. The second-order valence-electron chi connectivity index (χ2n) is 16.9. The predicted molar refractivity (Wildman–Crippen MR) is 239 cm³/mol. The molecule has 0 aliphatic heterocycles. The fourth-order valence-corrected chi connectivity index (χ4v) is 10.7. The third-order valence-corrected chi connectivity index (χ3v) is 13.4. The number of benzene rings is 7. The monoisotopic (exact) mass is 737 g/mol. The highest BCUT2D eigenvalue weighted by atomic mass is 16.3. The van der Waals surface area contributed by atoms with Crippen molar-refractivity contribution >= 4 is 50.6 Å². The van der Waals surface area contributed by atoms with Gasteiger partial charge in [0.05, 0.1) is 11.4 Å². The van der Waals surface area contributed by atoms with Crippen LogP contribution in [-0.2, 0) is 5.41 Å². The molecule has 0 spiro atoms. The maximum atomic E-state index is 6.79. The Bertz CT molecular complexity index is 2970.